The van der Waals surface area contributed by atoms with Crippen LogP contribution in [0.25, 0.3) is 0 Å². The van der Waals surface area contributed by atoms with Crippen LogP contribution in [0.3, 0.4) is 0 Å². The summed E-state index contributed by atoms with van der Waals surface area (Å²) in [7, 11) is -1.67. The van der Waals surface area contributed by atoms with Gasteiger partial charge in [-0.05, 0) is 20.8 Å². The highest BCUT2D eigenvalue weighted by atomic mass is 32.2. The van der Waals surface area contributed by atoms with Crippen molar-refractivity contribution in [3.8, 4) is 0 Å². The van der Waals surface area contributed by atoms with Crippen molar-refractivity contribution in [1.29, 1.82) is 0 Å². The Hall–Kier alpha value is -0.210. The predicted molar refractivity (Wildman–Crippen MR) is 73.5 cm³/mol. The van der Waals surface area contributed by atoms with Crippen LogP contribution in [0.1, 0.15) is 20.8 Å². The molecule has 1 unspecified atom stereocenters. The molecule has 1 fully saturated rings. The van der Waals surface area contributed by atoms with E-state index in [1.54, 1.807) is 11.4 Å². The van der Waals surface area contributed by atoms with Gasteiger partial charge in [-0.15, -0.1) is 0 Å². The van der Waals surface area contributed by atoms with Crippen molar-refractivity contribution < 1.29 is 8.42 Å². The molecule has 0 radical (unpaired) electrons. The fourth-order valence-electron chi connectivity index (χ4n) is 1.97. The van der Waals surface area contributed by atoms with Crippen LogP contribution in [0.15, 0.2) is 0 Å². The van der Waals surface area contributed by atoms with Gasteiger partial charge in [0, 0.05) is 51.9 Å². The van der Waals surface area contributed by atoms with Crippen molar-refractivity contribution in [2.45, 2.75) is 32.9 Å². The summed E-state index contributed by atoms with van der Waals surface area (Å²) < 4.78 is 27.6. The van der Waals surface area contributed by atoms with Crippen molar-refractivity contribution in [1.82, 2.24) is 13.5 Å². The van der Waals surface area contributed by atoms with Gasteiger partial charge in [0.05, 0.1) is 0 Å². The third-order valence-electron chi connectivity index (χ3n) is 3.66. The van der Waals surface area contributed by atoms with Crippen LogP contribution in [0, 0.1) is 0 Å². The Balaban J connectivity index is 2.63. The highest BCUT2D eigenvalue weighted by molar-refractivity contribution is 7.86. The molecule has 6 nitrogen and oxygen atoms in total. The van der Waals surface area contributed by atoms with E-state index in [0.717, 1.165) is 13.1 Å². The molecule has 0 saturated carbocycles. The first-order valence-electron chi connectivity index (χ1n) is 6.48. The highest BCUT2D eigenvalue weighted by Gasteiger charge is 2.32. The summed E-state index contributed by atoms with van der Waals surface area (Å²) in [5.74, 6) is 0. The van der Waals surface area contributed by atoms with E-state index in [-0.39, 0.29) is 6.04 Å². The summed E-state index contributed by atoms with van der Waals surface area (Å²) in [5.41, 5.74) is 5.63. The average molecular weight is 278 g/mol. The fourth-order valence-corrected chi connectivity index (χ4v) is 3.49. The van der Waals surface area contributed by atoms with Gasteiger partial charge in [0.25, 0.3) is 10.2 Å². The summed E-state index contributed by atoms with van der Waals surface area (Å²) in [6.45, 7) is 9.04. The number of hydrogen-bond acceptors (Lipinski definition) is 4. The summed E-state index contributed by atoms with van der Waals surface area (Å²) in [4.78, 5) is 2.24. The van der Waals surface area contributed by atoms with Crippen LogP contribution in [-0.2, 0) is 10.2 Å². The van der Waals surface area contributed by atoms with Gasteiger partial charge in [0.2, 0.25) is 0 Å². The molecule has 1 aliphatic heterocycles. The lowest BCUT2D eigenvalue weighted by atomic mass is 10.2. The molecule has 1 heterocycles. The predicted octanol–water partition coefficient (Wildman–Crippen LogP) is -0.464. The van der Waals surface area contributed by atoms with Gasteiger partial charge in [-0.1, -0.05) is 0 Å². The third-order valence-corrected chi connectivity index (χ3v) is 5.82. The zero-order valence-electron chi connectivity index (χ0n) is 11.8. The van der Waals surface area contributed by atoms with E-state index in [0.29, 0.717) is 25.7 Å². The van der Waals surface area contributed by atoms with E-state index < -0.39 is 10.2 Å². The lowest BCUT2D eigenvalue weighted by Crippen LogP contribution is -2.55. The van der Waals surface area contributed by atoms with Gasteiger partial charge in [-0.2, -0.15) is 17.0 Å². The molecule has 0 aromatic carbocycles. The Labute approximate surface area is 111 Å². The molecule has 1 aliphatic rings. The molecule has 0 bridgehead atoms. The molecule has 108 valence electrons. The molecule has 0 spiro atoms. The van der Waals surface area contributed by atoms with Crippen LogP contribution in [0.5, 0.6) is 0 Å². The minimum Gasteiger partial charge on any atom is -0.329 e. The molecular formula is C11H26N4O2S. The van der Waals surface area contributed by atoms with E-state index in [1.807, 2.05) is 13.8 Å². The maximum Gasteiger partial charge on any atom is 0.282 e. The van der Waals surface area contributed by atoms with E-state index in [1.165, 1.54) is 4.31 Å². The second kappa shape index (κ2) is 6.29. The molecule has 18 heavy (non-hydrogen) atoms. The minimum absolute atomic E-state index is 0.0176. The third kappa shape index (κ3) is 3.42. The van der Waals surface area contributed by atoms with Gasteiger partial charge in [-0.3, -0.25) is 4.90 Å². The van der Waals surface area contributed by atoms with Crippen molar-refractivity contribution in [3.63, 3.8) is 0 Å². The lowest BCUT2D eigenvalue weighted by Gasteiger charge is -2.38. The SMILES string of the molecule is CC(CN)N1CCN(S(=O)(=O)N(C)C(C)C)CC1. The number of rotatable bonds is 5. The van der Waals surface area contributed by atoms with Crippen LogP contribution < -0.4 is 5.73 Å². The standard InChI is InChI=1S/C11H26N4O2S/c1-10(2)13(4)18(16,17)15-7-5-14(6-8-15)11(3)9-12/h10-11H,5-9,12H2,1-4H3. The first-order chi connectivity index (χ1) is 8.30. The van der Waals surface area contributed by atoms with Gasteiger partial charge in [0.15, 0.2) is 0 Å². The second-order valence-electron chi connectivity index (χ2n) is 5.14. The largest absolute Gasteiger partial charge is 0.329 e. The molecule has 1 saturated heterocycles. The van der Waals surface area contributed by atoms with E-state index in [9.17, 15) is 8.42 Å². The summed E-state index contributed by atoms with van der Waals surface area (Å²) in [6.07, 6.45) is 0. The first-order valence-corrected chi connectivity index (χ1v) is 7.87. The Morgan fingerprint density at radius 3 is 2.06 bits per heavy atom. The molecule has 7 heteroatoms. The zero-order valence-corrected chi connectivity index (χ0v) is 12.7. The topological polar surface area (TPSA) is 69.9 Å². The Morgan fingerprint density at radius 2 is 1.67 bits per heavy atom. The Kier molecular flexibility index (Phi) is 5.54. The normalized spacial score (nSPS) is 21.7. The molecule has 1 rings (SSSR count). The van der Waals surface area contributed by atoms with Gasteiger partial charge >= 0.3 is 0 Å². The monoisotopic (exact) mass is 278 g/mol. The molecule has 1 atom stereocenters. The van der Waals surface area contributed by atoms with Crippen LogP contribution in [-0.4, -0.2) is 73.8 Å². The molecule has 0 aromatic rings. The van der Waals surface area contributed by atoms with Gasteiger partial charge in [0.1, 0.15) is 0 Å². The van der Waals surface area contributed by atoms with Crippen LogP contribution in [0.4, 0.5) is 0 Å². The van der Waals surface area contributed by atoms with Crippen molar-refractivity contribution >= 4 is 10.2 Å². The summed E-state index contributed by atoms with van der Waals surface area (Å²) in [6, 6.07) is 0.300. The molecule has 0 amide bonds. The first kappa shape index (κ1) is 15.8. The second-order valence-corrected chi connectivity index (χ2v) is 7.13. The number of nitrogens with two attached hydrogens (primary N) is 1. The average Bonchev–Trinajstić information content (AvgIpc) is 2.36. The van der Waals surface area contributed by atoms with Crippen LogP contribution in [0.2, 0.25) is 0 Å². The fraction of sp³-hybridized carbons (Fsp3) is 1.00. The van der Waals surface area contributed by atoms with Crippen LogP contribution >= 0.6 is 0 Å². The number of piperazine rings is 1. The molecule has 2 N–H and O–H groups in total. The maximum absolute atomic E-state index is 12.3. The van der Waals surface area contributed by atoms with E-state index in [4.69, 9.17) is 5.73 Å². The maximum atomic E-state index is 12.3. The Bertz CT molecular complexity index is 350. The van der Waals surface area contributed by atoms with Crippen molar-refractivity contribution in [2.24, 2.45) is 5.73 Å². The molecule has 0 aliphatic carbocycles. The Morgan fingerprint density at radius 1 is 1.17 bits per heavy atom. The van der Waals surface area contributed by atoms with Gasteiger partial charge in [-0.25, -0.2) is 0 Å². The lowest BCUT2D eigenvalue weighted by molar-refractivity contribution is 0.144. The highest BCUT2D eigenvalue weighted by Crippen LogP contribution is 2.14. The minimum atomic E-state index is -3.31. The van der Waals surface area contributed by atoms with Crippen molar-refractivity contribution in [3.05, 3.63) is 0 Å². The summed E-state index contributed by atoms with van der Waals surface area (Å²) in [5, 5.41) is 0. The quantitative estimate of drug-likeness (QED) is 0.738. The smallest absolute Gasteiger partial charge is 0.282 e. The van der Waals surface area contributed by atoms with E-state index in [2.05, 4.69) is 11.8 Å². The van der Waals surface area contributed by atoms with Crippen molar-refractivity contribution in [2.75, 3.05) is 39.8 Å². The number of hydrogen-bond donors (Lipinski definition) is 1. The zero-order chi connectivity index (χ0) is 13.9. The van der Waals surface area contributed by atoms with E-state index >= 15 is 0 Å². The van der Waals surface area contributed by atoms with Gasteiger partial charge < -0.3 is 5.73 Å². The summed E-state index contributed by atoms with van der Waals surface area (Å²) >= 11 is 0. The number of nitrogens with zero attached hydrogens (tertiary/aromatic N) is 3. The molecular weight excluding hydrogens is 252 g/mol. The molecule has 0 aromatic heterocycles.